The Kier molecular flexibility index (Phi) is 3.94. The molecular formula is C13H16BrN3O2S. The maximum Gasteiger partial charge on any atom is 0.257 e. The molecule has 1 saturated heterocycles. The van der Waals surface area contributed by atoms with Gasteiger partial charge in [0.1, 0.15) is 0 Å². The number of likely N-dealkylation sites (tertiary alicyclic amines) is 1. The van der Waals surface area contributed by atoms with Crippen LogP contribution < -0.4 is 0 Å². The molecule has 0 aromatic carbocycles. The van der Waals surface area contributed by atoms with Gasteiger partial charge in [-0.05, 0) is 47.8 Å². The van der Waals surface area contributed by atoms with Crippen LogP contribution in [0.5, 0.6) is 0 Å². The molecule has 0 radical (unpaired) electrons. The summed E-state index contributed by atoms with van der Waals surface area (Å²) in [4.78, 5) is 3.21. The minimum absolute atomic E-state index is 0.528. The van der Waals surface area contributed by atoms with Gasteiger partial charge in [0.25, 0.3) is 5.89 Å². The number of aliphatic hydroxyl groups is 1. The zero-order valence-corrected chi connectivity index (χ0v) is 13.6. The van der Waals surface area contributed by atoms with Crippen molar-refractivity contribution < 1.29 is 9.52 Å². The second-order valence-corrected chi connectivity index (χ2v) is 7.84. The molecule has 7 heteroatoms. The molecule has 3 rings (SSSR count). The van der Waals surface area contributed by atoms with Crippen molar-refractivity contribution in [3.63, 3.8) is 0 Å². The van der Waals surface area contributed by atoms with Gasteiger partial charge in [0, 0.05) is 13.1 Å². The van der Waals surface area contributed by atoms with E-state index >= 15 is 0 Å². The van der Waals surface area contributed by atoms with E-state index in [-0.39, 0.29) is 0 Å². The van der Waals surface area contributed by atoms with E-state index in [1.807, 2.05) is 19.1 Å². The number of thiophene rings is 1. The van der Waals surface area contributed by atoms with Crippen LogP contribution in [0.15, 0.2) is 20.3 Å². The molecule has 2 aromatic rings. The Hall–Kier alpha value is -0.760. The number of piperidine rings is 1. The molecule has 0 atom stereocenters. The molecule has 0 aliphatic carbocycles. The number of hydrogen-bond acceptors (Lipinski definition) is 6. The van der Waals surface area contributed by atoms with Crippen LogP contribution in [-0.2, 0) is 6.54 Å². The molecule has 0 bridgehead atoms. The van der Waals surface area contributed by atoms with Gasteiger partial charge >= 0.3 is 0 Å². The molecule has 1 N–H and O–H groups in total. The number of hydrogen-bond donors (Lipinski definition) is 1. The maximum absolute atomic E-state index is 9.93. The third kappa shape index (κ3) is 3.28. The molecule has 1 fully saturated rings. The molecule has 20 heavy (non-hydrogen) atoms. The minimum Gasteiger partial charge on any atom is -0.419 e. The molecule has 0 amide bonds. The van der Waals surface area contributed by atoms with Crippen LogP contribution >= 0.6 is 27.3 Å². The summed E-state index contributed by atoms with van der Waals surface area (Å²) in [7, 11) is 0. The minimum atomic E-state index is -0.528. The van der Waals surface area contributed by atoms with Crippen molar-refractivity contribution in [3.05, 3.63) is 21.8 Å². The average molecular weight is 358 g/mol. The topological polar surface area (TPSA) is 62.4 Å². The molecule has 3 heterocycles. The Morgan fingerprint density at radius 3 is 2.80 bits per heavy atom. The van der Waals surface area contributed by atoms with E-state index in [1.54, 1.807) is 11.3 Å². The van der Waals surface area contributed by atoms with Crippen molar-refractivity contribution in [1.82, 2.24) is 15.1 Å². The van der Waals surface area contributed by atoms with Gasteiger partial charge in [0.2, 0.25) is 5.89 Å². The van der Waals surface area contributed by atoms with E-state index in [1.165, 1.54) is 0 Å². The summed E-state index contributed by atoms with van der Waals surface area (Å²) in [6.45, 7) is 4.25. The summed E-state index contributed by atoms with van der Waals surface area (Å²) in [6.07, 6.45) is 1.57. The molecule has 5 nitrogen and oxygen atoms in total. The largest absolute Gasteiger partial charge is 0.419 e. The second kappa shape index (κ2) is 5.55. The monoisotopic (exact) mass is 357 g/mol. The van der Waals surface area contributed by atoms with Crippen LogP contribution in [0.3, 0.4) is 0 Å². The number of rotatable bonds is 3. The molecule has 0 saturated carbocycles. The van der Waals surface area contributed by atoms with Gasteiger partial charge in [-0.1, -0.05) is 0 Å². The number of halogens is 1. The fourth-order valence-electron chi connectivity index (χ4n) is 2.23. The van der Waals surface area contributed by atoms with E-state index in [9.17, 15) is 5.11 Å². The first-order chi connectivity index (χ1) is 9.52. The molecule has 0 unspecified atom stereocenters. The quantitative estimate of drug-likeness (QED) is 0.914. The molecule has 108 valence electrons. The van der Waals surface area contributed by atoms with E-state index in [0.717, 1.165) is 34.6 Å². The second-order valence-electron chi connectivity index (χ2n) is 5.38. The highest BCUT2D eigenvalue weighted by molar-refractivity contribution is 9.11. The summed E-state index contributed by atoms with van der Waals surface area (Å²) in [5.74, 6) is 1.20. The summed E-state index contributed by atoms with van der Waals surface area (Å²) < 4.78 is 6.75. The molecule has 1 aliphatic heterocycles. The fourth-order valence-corrected chi connectivity index (χ4v) is 3.54. The zero-order valence-electron chi connectivity index (χ0n) is 11.2. The van der Waals surface area contributed by atoms with Crippen molar-refractivity contribution in [2.75, 3.05) is 13.1 Å². The van der Waals surface area contributed by atoms with Crippen molar-refractivity contribution in [2.24, 2.45) is 0 Å². The third-order valence-corrected chi connectivity index (χ3v) is 5.15. The van der Waals surface area contributed by atoms with Gasteiger partial charge in [-0.25, -0.2) is 0 Å². The van der Waals surface area contributed by atoms with E-state index < -0.39 is 5.60 Å². The number of aromatic nitrogens is 2. The first kappa shape index (κ1) is 14.2. The lowest BCUT2D eigenvalue weighted by atomic mass is 9.94. The van der Waals surface area contributed by atoms with E-state index in [2.05, 4.69) is 31.0 Å². The summed E-state index contributed by atoms with van der Waals surface area (Å²) in [6, 6.07) is 3.93. The third-order valence-electron chi connectivity index (χ3n) is 3.54. The summed E-state index contributed by atoms with van der Waals surface area (Å²) in [5.41, 5.74) is -0.528. The highest BCUT2D eigenvalue weighted by Crippen LogP contribution is 2.30. The summed E-state index contributed by atoms with van der Waals surface area (Å²) >= 11 is 5.00. The van der Waals surface area contributed by atoms with E-state index in [4.69, 9.17) is 4.42 Å². The van der Waals surface area contributed by atoms with Crippen molar-refractivity contribution in [2.45, 2.75) is 31.9 Å². The average Bonchev–Trinajstić information content (AvgIpc) is 3.01. The van der Waals surface area contributed by atoms with Gasteiger partial charge in [-0.15, -0.1) is 21.5 Å². The van der Waals surface area contributed by atoms with Crippen LogP contribution in [0.2, 0.25) is 0 Å². The van der Waals surface area contributed by atoms with Gasteiger partial charge < -0.3 is 9.52 Å². The lowest BCUT2D eigenvalue weighted by Gasteiger charge is -2.34. The Morgan fingerprint density at radius 1 is 1.40 bits per heavy atom. The van der Waals surface area contributed by atoms with Crippen LogP contribution in [0, 0.1) is 0 Å². The fraction of sp³-hybridized carbons (Fsp3) is 0.538. The Bertz CT molecular complexity index is 586. The van der Waals surface area contributed by atoms with Crippen molar-refractivity contribution in [1.29, 1.82) is 0 Å². The van der Waals surface area contributed by atoms with Crippen LogP contribution in [-0.4, -0.2) is 38.9 Å². The predicted molar refractivity (Wildman–Crippen MR) is 80.4 cm³/mol. The van der Waals surface area contributed by atoms with Gasteiger partial charge in [0.05, 0.1) is 20.8 Å². The number of nitrogens with zero attached hydrogens (tertiary/aromatic N) is 3. The van der Waals surface area contributed by atoms with Gasteiger partial charge in [0.15, 0.2) is 0 Å². The Labute approximate surface area is 129 Å². The Balaban J connectivity index is 1.63. The standard InChI is InChI=1S/C13H16BrN3O2S/c1-13(18)4-6-17(7-5-13)8-11-15-16-12(19-11)9-2-3-10(14)20-9/h2-3,18H,4-8H2,1H3. The SMILES string of the molecule is CC1(O)CCN(Cc2nnc(-c3ccc(Br)s3)o2)CC1. The molecular weight excluding hydrogens is 342 g/mol. The molecule has 0 spiro atoms. The van der Waals surface area contributed by atoms with Gasteiger partial charge in [-0.2, -0.15) is 0 Å². The predicted octanol–water partition coefficient (Wildman–Crippen LogP) is 2.91. The van der Waals surface area contributed by atoms with Crippen molar-refractivity contribution in [3.8, 4) is 10.8 Å². The highest BCUT2D eigenvalue weighted by atomic mass is 79.9. The van der Waals surface area contributed by atoms with Crippen LogP contribution in [0.1, 0.15) is 25.7 Å². The lowest BCUT2D eigenvalue weighted by Crippen LogP contribution is -2.42. The normalized spacial score (nSPS) is 19.4. The maximum atomic E-state index is 9.93. The molecule has 2 aromatic heterocycles. The first-order valence-corrected chi connectivity index (χ1v) is 8.16. The van der Waals surface area contributed by atoms with Crippen molar-refractivity contribution >= 4 is 27.3 Å². The van der Waals surface area contributed by atoms with Crippen LogP contribution in [0.4, 0.5) is 0 Å². The zero-order chi connectivity index (χ0) is 14.2. The van der Waals surface area contributed by atoms with E-state index in [0.29, 0.717) is 18.3 Å². The smallest absolute Gasteiger partial charge is 0.257 e. The summed E-state index contributed by atoms with van der Waals surface area (Å²) in [5, 5.41) is 18.1. The highest BCUT2D eigenvalue weighted by Gasteiger charge is 2.28. The lowest BCUT2D eigenvalue weighted by molar-refractivity contribution is -0.00906. The van der Waals surface area contributed by atoms with Crippen LogP contribution in [0.25, 0.3) is 10.8 Å². The molecule has 1 aliphatic rings. The Morgan fingerprint density at radius 2 is 2.15 bits per heavy atom. The first-order valence-electron chi connectivity index (χ1n) is 6.55. The van der Waals surface area contributed by atoms with Gasteiger partial charge in [-0.3, -0.25) is 4.90 Å².